The molecule has 1 aliphatic carbocycles. The van der Waals surface area contributed by atoms with Gasteiger partial charge in [0.1, 0.15) is 5.56 Å². The van der Waals surface area contributed by atoms with Gasteiger partial charge in [0, 0.05) is 6.54 Å². The van der Waals surface area contributed by atoms with Crippen LogP contribution < -0.4 is 5.32 Å². The van der Waals surface area contributed by atoms with Gasteiger partial charge in [0.05, 0.1) is 5.69 Å². The van der Waals surface area contributed by atoms with Gasteiger partial charge in [0.2, 0.25) is 0 Å². The highest BCUT2D eigenvalue weighted by molar-refractivity contribution is 5.95. The van der Waals surface area contributed by atoms with E-state index in [4.69, 9.17) is 0 Å². The van der Waals surface area contributed by atoms with Crippen LogP contribution in [0.3, 0.4) is 0 Å². The minimum atomic E-state index is -0.921. The first-order valence-electron chi connectivity index (χ1n) is 7.02. The molecule has 2 rings (SSSR count). The number of nitrogens with one attached hydrogen (secondary N) is 1. The van der Waals surface area contributed by atoms with E-state index >= 15 is 0 Å². The zero-order valence-electron chi connectivity index (χ0n) is 11.6. The zero-order valence-corrected chi connectivity index (χ0v) is 11.6. The average molecular weight is 263 g/mol. The molecule has 0 amide bonds. The Morgan fingerprint density at radius 2 is 2.05 bits per heavy atom. The summed E-state index contributed by atoms with van der Waals surface area (Å²) in [7, 11) is 0. The van der Waals surface area contributed by atoms with Gasteiger partial charge >= 0.3 is 5.97 Å². The van der Waals surface area contributed by atoms with E-state index in [1.165, 1.54) is 12.8 Å². The van der Waals surface area contributed by atoms with E-state index in [2.05, 4.69) is 15.5 Å². The smallest absolute Gasteiger partial charge is 0.339 e. The Balaban J connectivity index is 2.22. The van der Waals surface area contributed by atoms with Crippen molar-refractivity contribution in [1.29, 1.82) is 0 Å². The van der Waals surface area contributed by atoms with Crippen LogP contribution in [-0.4, -0.2) is 27.8 Å². The average Bonchev–Trinajstić information content (AvgIpc) is 3.21. The third kappa shape index (κ3) is 3.22. The minimum Gasteiger partial charge on any atom is -0.478 e. The summed E-state index contributed by atoms with van der Waals surface area (Å²) >= 11 is 0. The second-order valence-corrected chi connectivity index (χ2v) is 5.02. The lowest BCUT2D eigenvalue weighted by Crippen LogP contribution is -2.16. The fraction of sp³-hybridized carbons (Fsp3) is 0.643. The third-order valence-corrected chi connectivity index (χ3v) is 3.60. The monoisotopic (exact) mass is 263 g/mol. The van der Waals surface area contributed by atoms with Crippen molar-refractivity contribution < 1.29 is 9.90 Å². The van der Waals surface area contributed by atoms with Gasteiger partial charge in [0.15, 0.2) is 5.82 Å². The first-order valence-corrected chi connectivity index (χ1v) is 7.02. The molecule has 2 N–H and O–H groups in total. The van der Waals surface area contributed by atoms with Crippen LogP contribution in [0.15, 0.2) is 0 Å². The highest BCUT2D eigenvalue weighted by atomic mass is 16.4. The number of aryl methyl sites for hydroxylation is 1. The molecule has 1 aromatic heterocycles. The van der Waals surface area contributed by atoms with E-state index < -0.39 is 5.97 Å². The molecule has 5 heteroatoms. The number of nitrogens with zero attached hydrogens (tertiary/aromatic N) is 2. The van der Waals surface area contributed by atoms with Gasteiger partial charge in [-0.2, -0.15) is 5.10 Å². The Labute approximate surface area is 113 Å². The second-order valence-electron chi connectivity index (χ2n) is 5.02. The molecular weight excluding hydrogens is 242 g/mol. The summed E-state index contributed by atoms with van der Waals surface area (Å²) in [5.74, 6) is 0.312. The summed E-state index contributed by atoms with van der Waals surface area (Å²) in [4.78, 5) is 11.5. The molecule has 0 spiro atoms. The first-order chi connectivity index (χ1) is 9.17. The largest absolute Gasteiger partial charge is 0.478 e. The number of hydrogen-bond donors (Lipinski definition) is 2. The SMILES string of the molecule is CCc1nnc(NCCC2CC2)c(C(=O)O)c1CC. The number of anilines is 1. The van der Waals surface area contributed by atoms with Crippen LogP contribution in [0.25, 0.3) is 0 Å². The molecule has 19 heavy (non-hydrogen) atoms. The van der Waals surface area contributed by atoms with Crippen molar-refractivity contribution in [2.24, 2.45) is 5.92 Å². The van der Waals surface area contributed by atoms with Crippen LogP contribution in [0.1, 0.15) is 54.7 Å². The van der Waals surface area contributed by atoms with Crippen molar-refractivity contribution in [2.45, 2.75) is 46.0 Å². The standard InChI is InChI=1S/C14H21N3O2/c1-3-10-11(4-2)16-17-13(12(10)14(18)19)15-8-7-9-5-6-9/h9H,3-8H2,1-2H3,(H,15,17)(H,18,19). The Morgan fingerprint density at radius 3 is 2.58 bits per heavy atom. The van der Waals surface area contributed by atoms with Gasteiger partial charge in [-0.3, -0.25) is 0 Å². The van der Waals surface area contributed by atoms with Crippen LogP contribution in [0, 0.1) is 5.92 Å². The lowest BCUT2D eigenvalue weighted by molar-refractivity contribution is 0.0696. The van der Waals surface area contributed by atoms with Crippen LogP contribution in [0.4, 0.5) is 5.82 Å². The van der Waals surface area contributed by atoms with Gasteiger partial charge in [-0.1, -0.05) is 26.7 Å². The first kappa shape index (κ1) is 13.8. The molecule has 1 aromatic rings. The minimum absolute atomic E-state index is 0.296. The second kappa shape index (κ2) is 5.99. The number of aromatic carboxylic acids is 1. The van der Waals surface area contributed by atoms with Crippen LogP contribution in [0.5, 0.6) is 0 Å². The lowest BCUT2D eigenvalue weighted by Gasteiger charge is -2.13. The highest BCUT2D eigenvalue weighted by Crippen LogP contribution is 2.32. The topological polar surface area (TPSA) is 75.1 Å². The quantitative estimate of drug-likeness (QED) is 0.790. The summed E-state index contributed by atoms with van der Waals surface area (Å²) in [6.07, 6.45) is 5.05. The zero-order chi connectivity index (χ0) is 13.8. The van der Waals surface area contributed by atoms with E-state index in [1.54, 1.807) is 0 Å². The number of carboxylic acid groups (broad SMARTS) is 1. The van der Waals surface area contributed by atoms with Gasteiger partial charge in [0.25, 0.3) is 0 Å². The number of rotatable bonds is 7. The molecule has 0 aliphatic heterocycles. The van der Waals surface area contributed by atoms with E-state index in [0.717, 1.165) is 30.1 Å². The molecule has 1 fully saturated rings. The molecule has 1 heterocycles. The summed E-state index contributed by atoms with van der Waals surface area (Å²) in [6, 6.07) is 0. The molecular formula is C14H21N3O2. The Hall–Kier alpha value is -1.65. The molecule has 0 radical (unpaired) electrons. The highest BCUT2D eigenvalue weighted by Gasteiger charge is 2.22. The molecule has 0 unspecified atom stereocenters. The third-order valence-electron chi connectivity index (χ3n) is 3.60. The summed E-state index contributed by atoms with van der Waals surface area (Å²) in [5, 5.41) is 20.8. The van der Waals surface area contributed by atoms with Gasteiger partial charge < -0.3 is 10.4 Å². The summed E-state index contributed by atoms with van der Waals surface area (Å²) in [5.41, 5.74) is 1.89. The van der Waals surface area contributed by atoms with E-state index in [0.29, 0.717) is 24.2 Å². The normalized spacial score (nSPS) is 14.4. The molecule has 104 valence electrons. The maximum atomic E-state index is 11.5. The van der Waals surface area contributed by atoms with Crippen molar-refractivity contribution in [3.63, 3.8) is 0 Å². The van der Waals surface area contributed by atoms with Crippen molar-refractivity contribution >= 4 is 11.8 Å². The van der Waals surface area contributed by atoms with Gasteiger partial charge in [-0.25, -0.2) is 4.79 Å². The Kier molecular flexibility index (Phi) is 4.35. The van der Waals surface area contributed by atoms with Crippen molar-refractivity contribution in [3.8, 4) is 0 Å². The molecule has 0 bridgehead atoms. The van der Waals surface area contributed by atoms with E-state index in [1.807, 2.05) is 13.8 Å². The number of carbonyl (C=O) groups is 1. The van der Waals surface area contributed by atoms with Crippen molar-refractivity contribution in [3.05, 3.63) is 16.8 Å². The summed E-state index contributed by atoms with van der Waals surface area (Å²) in [6.45, 7) is 4.69. The number of carboxylic acids is 1. The van der Waals surface area contributed by atoms with E-state index in [9.17, 15) is 9.90 Å². The van der Waals surface area contributed by atoms with Crippen molar-refractivity contribution in [2.75, 3.05) is 11.9 Å². The fourth-order valence-corrected chi connectivity index (χ4v) is 2.33. The predicted molar refractivity (Wildman–Crippen MR) is 73.6 cm³/mol. The van der Waals surface area contributed by atoms with Gasteiger partial charge in [-0.15, -0.1) is 5.10 Å². The molecule has 0 aromatic carbocycles. The molecule has 0 atom stereocenters. The maximum Gasteiger partial charge on any atom is 0.339 e. The molecule has 0 saturated heterocycles. The maximum absolute atomic E-state index is 11.5. The van der Waals surface area contributed by atoms with Crippen LogP contribution in [0.2, 0.25) is 0 Å². The van der Waals surface area contributed by atoms with Crippen LogP contribution in [-0.2, 0) is 12.8 Å². The van der Waals surface area contributed by atoms with Crippen molar-refractivity contribution in [1.82, 2.24) is 10.2 Å². The fourth-order valence-electron chi connectivity index (χ4n) is 2.33. The van der Waals surface area contributed by atoms with E-state index in [-0.39, 0.29) is 0 Å². The predicted octanol–water partition coefficient (Wildman–Crippen LogP) is 2.51. The molecule has 1 aliphatic rings. The number of hydrogen-bond acceptors (Lipinski definition) is 4. The summed E-state index contributed by atoms with van der Waals surface area (Å²) < 4.78 is 0. The lowest BCUT2D eigenvalue weighted by atomic mass is 10.0. The Bertz CT molecular complexity index is 470. The van der Waals surface area contributed by atoms with Crippen LogP contribution >= 0.6 is 0 Å². The number of aromatic nitrogens is 2. The Morgan fingerprint density at radius 1 is 1.32 bits per heavy atom. The van der Waals surface area contributed by atoms with Gasteiger partial charge in [-0.05, 0) is 30.7 Å². The molecule has 1 saturated carbocycles. The molecule has 5 nitrogen and oxygen atoms in total.